The number of hydrogen-bond acceptors (Lipinski definition) is 4. The third-order valence-corrected chi connectivity index (χ3v) is 3.73. The lowest BCUT2D eigenvalue weighted by Crippen LogP contribution is -2.46. The van der Waals surface area contributed by atoms with E-state index in [2.05, 4.69) is 5.32 Å². The summed E-state index contributed by atoms with van der Waals surface area (Å²) in [6.45, 7) is 8.54. The van der Waals surface area contributed by atoms with Crippen LogP contribution in [0, 0.1) is 0 Å². The summed E-state index contributed by atoms with van der Waals surface area (Å²) in [6, 6.07) is 5.86. The smallest absolute Gasteiger partial charge is 0.222 e. The molecule has 5 nitrogen and oxygen atoms in total. The molecular weight excluding hydrogens is 280 g/mol. The highest BCUT2D eigenvalue weighted by molar-refractivity contribution is 5.76. The third kappa shape index (κ3) is 4.63. The van der Waals surface area contributed by atoms with Crippen molar-refractivity contribution in [1.29, 1.82) is 0 Å². The van der Waals surface area contributed by atoms with Crippen molar-refractivity contribution in [3.8, 4) is 11.5 Å². The van der Waals surface area contributed by atoms with E-state index >= 15 is 0 Å². The van der Waals surface area contributed by atoms with Crippen molar-refractivity contribution >= 4 is 5.91 Å². The van der Waals surface area contributed by atoms with Crippen LogP contribution in [0.5, 0.6) is 11.5 Å². The molecule has 1 saturated heterocycles. The van der Waals surface area contributed by atoms with Gasteiger partial charge < -0.3 is 19.7 Å². The normalized spacial score (nSPS) is 14.7. The number of nitrogens with zero attached hydrogens (tertiary/aromatic N) is 1. The maximum atomic E-state index is 12.2. The average molecular weight is 306 g/mol. The predicted molar refractivity (Wildman–Crippen MR) is 86.6 cm³/mol. The Balaban J connectivity index is 1.96. The Kier molecular flexibility index (Phi) is 6.52. The van der Waals surface area contributed by atoms with E-state index in [1.165, 1.54) is 0 Å². The Morgan fingerprint density at radius 2 is 1.91 bits per heavy atom. The molecular formula is C17H26N2O3. The topological polar surface area (TPSA) is 50.8 Å². The summed E-state index contributed by atoms with van der Waals surface area (Å²) in [4.78, 5) is 14.2. The molecule has 0 aliphatic carbocycles. The highest BCUT2D eigenvalue weighted by Crippen LogP contribution is 2.26. The van der Waals surface area contributed by atoms with Crippen molar-refractivity contribution in [2.45, 2.75) is 26.7 Å². The lowest BCUT2D eigenvalue weighted by molar-refractivity contribution is -0.131. The quantitative estimate of drug-likeness (QED) is 0.835. The van der Waals surface area contributed by atoms with E-state index in [0.29, 0.717) is 26.1 Å². The summed E-state index contributed by atoms with van der Waals surface area (Å²) < 4.78 is 11.2. The van der Waals surface area contributed by atoms with Crippen molar-refractivity contribution in [3.63, 3.8) is 0 Å². The first-order valence-corrected chi connectivity index (χ1v) is 8.11. The molecule has 0 aromatic heterocycles. The summed E-state index contributed by atoms with van der Waals surface area (Å²) in [5.74, 6) is 1.85. The number of aryl methyl sites for hydroxylation is 1. The molecule has 1 aromatic carbocycles. The summed E-state index contributed by atoms with van der Waals surface area (Å²) in [5, 5.41) is 3.26. The molecule has 1 N–H and O–H groups in total. The highest BCUT2D eigenvalue weighted by Gasteiger charge is 2.16. The average Bonchev–Trinajstić information content (AvgIpc) is 2.55. The van der Waals surface area contributed by atoms with E-state index in [0.717, 1.165) is 43.2 Å². The van der Waals surface area contributed by atoms with Gasteiger partial charge in [0, 0.05) is 38.7 Å². The Morgan fingerprint density at radius 1 is 1.18 bits per heavy atom. The zero-order chi connectivity index (χ0) is 15.8. The van der Waals surface area contributed by atoms with Gasteiger partial charge in [0.05, 0.1) is 13.2 Å². The van der Waals surface area contributed by atoms with Crippen LogP contribution in [-0.4, -0.2) is 50.2 Å². The maximum absolute atomic E-state index is 12.2. The Labute approximate surface area is 132 Å². The monoisotopic (exact) mass is 306 g/mol. The number of hydrogen-bond donors (Lipinski definition) is 1. The van der Waals surface area contributed by atoms with E-state index in [1.807, 2.05) is 36.9 Å². The van der Waals surface area contributed by atoms with Gasteiger partial charge >= 0.3 is 0 Å². The third-order valence-electron chi connectivity index (χ3n) is 3.73. The van der Waals surface area contributed by atoms with E-state index in [4.69, 9.17) is 9.47 Å². The first-order chi connectivity index (χ1) is 10.7. The van der Waals surface area contributed by atoms with Gasteiger partial charge in [-0.2, -0.15) is 0 Å². The van der Waals surface area contributed by atoms with E-state index < -0.39 is 0 Å². The van der Waals surface area contributed by atoms with E-state index in [1.54, 1.807) is 0 Å². The molecule has 1 amide bonds. The predicted octanol–water partition coefficient (Wildman–Crippen LogP) is 1.85. The van der Waals surface area contributed by atoms with Crippen molar-refractivity contribution in [3.05, 3.63) is 23.8 Å². The molecule has 0 unspecified atom stereocenters. The van der Waals surface area contributed by atoms with E-state index in [-0.39, 0.29) is 5.91 Å². The number of carbonyl (C=O) groups is 1. The minimum absolute atomic E-state index is 0.220. The molecule has 1 aromatic rings. The van der Waals surface area contributed by atoms with Crippen molar-refractivity contribution in [1.82, 2.24) is 10.2 Å². The van der Waals surface area contributed by atoms with Gasteiger partial charge in [-0.3, -0.25) is 4.79 Å². The van der Waals surface area contributed by atoms with Gasteiger partial charge in [0.2, 0.25) is 5.91 Å². The fourth-order valence-corrected chi connectivity index (χ4v) is 2.60. The molecule has 0 atom stereocenters. The molecule has 1 aliphatic heterocycles. The number of carbonyl (C=O) groups excluding carboxylic acids is 1. The number of piperazine rings is 1. The SMILES string of the molecule is CCOc1ccc(CCC(=O)N2CCNCC2)c(OCC)c1. The highest BCUT2D eigenvalue weighted by atomic mass is 16.5. The minimum Gasteiger partial charge on any atom is -0.494 e. The Bertz CT molecular complexity index is 485. The largest absolute Gasteiger partial charge is 0.494 e. The van der Waals surface area contributed by atoms with Crippen LogP contribution in [0.4, 0.5) is 0 Å². The maximum Gasteiger partial charge on any atom is 0.222 e. The standard InChI is InChI=1S/C17H26N2O3/c1-3-21-15-7-5-14(16(13-15)22-4-2)6-8-17(20)19-11-9-18-10-12-19/h5,7,13,18H,3-4,6,8-12H2,1-2H3. The second-order valence-electron chi connectivity index (χ2n) is 5.27. The van der Waals surface area contributed by atoms with Crippen molar-refractivity contribution < 1.29 is 14.3 Å². The molecule has 0 saturated carbocycles. The molecule has 22 heavy (non-hydrogen) atoms. The van der Waals surface area contributed by atoms with Crippen molar-refractivity contribution in [2.75, 3.05) is 39.4 Å². The molecule has 1 heterocycles. The van der Waals surface area contributed by atoms with Crippen LogP contribution in [0.2, 0.25) is 0 Å². The van der Waals surface area contributed by atoms with Gasteiger partial charge in [0.25, 0.3) is 0 Å². The van der Waals surface area contributed by atoms with Crippen LogP contribution in [0.25, 0.3) is 0 Å². The van der Waals surface area contributed by atoms with Crippen LogP contribution in [0.3, 0.4) is 0 Å². The molecule has 5 heteroatoms. The summed E-state index contributed by atoms with van der Waals surface area (Å²) in [6.07, 6.45) is 1.22. The fraction of sp³-hybridized carbons (Fsp3) is 0.588. The molecule has 1 fully saturated rings. The van der Waals surface area contributed by atoms with Crippen LogP contribution in [-0.2, 0) is 11.2 Å². The lowest BCUT2D eigenvalue weighted by atomic mass is 10.1. The van der Waals surface area contributed by atoms with Crippen molar-refractivity contribution in [2.24, 2.45) is 0 Å². The number of nitrogens with one attached hydrogen (secondary N) is 1. The number of amides is 1. The van der Waals surface area contributed by atoms with Gasteiger partial charge in [-0.05, 0) is 31.9 Å². The molecule has 0 spiro atoms. The lowest BCUT2D eigenvalue weighted by Gasteiger charge is -2.27. The first-order valence-electron chi connectivity index (χ1n) is 8.11. The van der Waals surface area contributed by atoms with Crippen LogP contribution in [0.15, 0.2) is 18.2 Å². The minimum atomic E-state index is 0.220. The van der Waals surface area contributed by atoms with Gasteiger partial charge in [-0.1, -0.05) is 6.07 Å². The second kappa shape index (κ2) is 8.63. The molecule has 0 radical (unpaired) electrons. The van der Waals surface area contributed by atoms with Gasteiger partial charge in [-0.25, -0.2) is 0 Å². The summed E-state index contributed by atoms with van der Waals surface area (Å²) >= 11 is 0. The summed E-state index contributed by atoms with van der Waals surface area (Å²) in [5.41, 5.74) is 1.06. The van der Waals surface area contributed by atoms with Crippen LogP contribution in [0.1, 0.15) is 25.8 Å². The van der Waals surface area contributed by atoms with Crippen LogP contribution >= 0.6 is 0 Å². The Hall–Kier alpha value is -1.75. The molecule has 2 rings (SSSR count). The summed E-state index contributed by atoms with van der Waals surface area (Å²) in [7, 11) is 0. The first kappa shape index (κ1) is 16.6. The number of rotatable bonds is 7. The van der Waals surface area contributed by atoms with Gasteiger partial charge in [-0.15, -0.1) is 0 Å². The number of benzene rings is 1. The molecule has 122 valence electrons. The fourth-order valence-electron chi connectivity index (χ4n) is 2.60. The molecule has 1 aliphatic rings. The second-order valence-corrected chi connectivity index (χ2v) is 5.27. The Morgan fingerprint density at radius 3 is 2.59 bits per heavy atom. The van der Waals surface area contributed by atoms with Gasteiger partial charge in [0.1, 0.15) is 11.5 Å². The van der Waals surface area contributed by atoms with Gasteiger partial charge in [0.15, 0.2) is 0 Å². The number of ether oxygens (including phenoxy) is 2. The van der Waals surface area contributed by atoms with E-state index in [9.17, 15) is 4.79 Å². The zero-order valence-electron chi connectivity index (χ0n) is 13.6. The molecule has 0 bridgehead atoms. The zero-order valence-corrected chi connectivity index (χ0v) is 13.6. The van der Waals surface area contributed by atoms with Crippen LogP contribution < -0.4 is 14.8 Å².